The highest BCUT2D eigenvalue weighted by atomic mass is 14.7. The Morgan fingerprint density at radius 3 is 2.12 bits per heavy atom. The van der Waals surface area contributed by atoms with E-state index >= 15 is 0 Å². The summed E-state index contributed by atoms with van der Waals surface area (Å²) in [6.07, 6.45) is 1.52. The number of nitriles is 1. The predicted molar refractivity (Wildman–Crippen MR) is 70.3 cm³/mol. The van der Waals surface area contributed by atoms with Crippen LogP contribution in [0, 0.1) is 18.3 Å². The SMILES string of the molecule is C=c1ncc(C#N)c(C)c1=C.CC.CNC. The molecule has 0 bridgehead atoms. The first-order chi connectivity index (χ1) is 7.58. The molecule has 0 radical (unpaired) electrons. The molecule has 3 heteroatoms. The van der Waals surface area contributed by atoms with E-state index in [4.69, 9.17) is 5.26 Å². The molecule has 16 heavy (non-hydrogen) atoms. The summed E-state index contributed by atoms with van der Waals surface area (Å²) in [5.74, 6) is 0. The van der Waals surface area contributed by atoms with Crippen molar-refractivity contribution >= 4 is 13.2 Å². The molecule has 3 nitrogen and oxygen atoms in total. The molecule has 0 amide bonds. The van der Waals surface area contributed by atoms with Crippen molar-refractivity contribution in [2.24, 2.45) is 0 Å². The van der Waals surface area contributed by atoms with E-state index in [2.05, 4.69) is 23.5 Å². The van der Waals surface area contributed by atoms with Gasteiger partial charge in [0.05, 0.1) is 10.9 Å². The zero-order chi connectivity index (χ0) is 13.1. The van der Waals surface area contributed by atoms with Gasteiger partial charge in [0.25, 0.3) is 0 Å². The van der Waals surface area contributed by atoms with Gasteiger partial charge in [-0.3, -0.25) is 4.98 Å². The van der Waals surface area contributed by atoms with Crippen LogP contribution in [0.15, 0.2) is 6.20 Å². The molecule has 1 rings (SSSR count). The van der Waals surface area contributed by atoms with Crippen LogP contribution < -0.4 is 15.9 Å². The van der Waals surface area contributed by atoms with Gasteiger partial charge in [-0.15, -0.1) is 0 Å². The number of hydrogen-bond donors (Lipinski definition) is 1. The van der Waals surface area contributed by atoms with Crippen LogP contribution in [0.3, 0.4) is 0 Å². The Bertz CT molecular complexity index is 430. The maximum Gasteiger partial charge on any atom is 0.101 e. The van der Waals surface area contributed by atoms with Crippen LogP contribution in [0.2, 0.25) is 0 Å². The van der Waals surface area contributed by atoms with Gasteiger partial charge in [0.15, 0.2) is 0 Å². The molecule has 0 atom stereocenters. The lowest BCUT2D eigenvalue weighted by molar-refractivity contribution is 1.02. The third kappa shape index (κ3) is 5.28. The van der Waals surface area contributed by atoms with E-state index < -0.39 is 0 Å². The Hall–Kier alpha value is -1.66. The third-order valence-electron chi connectivity index (χ3n) is 1.67. The van der Waals surface area contributed by atoms with E-state index in [0.29, 0.717) is 10.9 Å². The Morgan fingerprint density at radius 2 is 1.75 bits per heavy atom. The molecule has 0 saturated heterocycles. The average molecular weight is 219 g/mol. The monoisotopic (exact) mass is 219 g/mol. The average Bonchev–Trinajstić information content (AvgIpc) is 2.30. The van der Waals surface area contributed by atoms with Crippen LogP contribution in [0.25, 0.3) is 13.2 Å². The molecule has 0 saturated carbocycles. The van der Waals surface area contributed by atoms with E-state index in [1.54, 1.807) is 0 Å². The summed E-state index contributed by atoms with van der Waals surface area (Å²) in [4.78, 5) is 3.91. The quantitative estimate of drug-likeness (QED) is 0.706. The number of nitrogens with zero attached hydrogens (tertiary/aromatic N) is 2. The standard InChI is InChI=1S/C9H8N2.C2H7N.C2H6/c1-6-7(2)9(4-10)5-11-8(6)3;1-3-2;1-2/h5H,1,3H2,2H3;3H,1-2H3;1-2H3. The largest absolute Gasteiger partial charge is 0.323 e. The molecule has 0 aliphatic heterocycles. The van der Waals surface area contributed by atoms with Crippen molar-refractivity contribution in [1.82, 2.24) is 10.3 Å². The van der Waals surface area contributed by atoms with Crippen molar-refractivity contribution in [2.75, 3.05) is 14.1 Å². The first kappa shape index (κ1) is 16.8. The van der Waals surface area contributed by atoms with Crippen molar-refractivity contribution < 1.29 is 0 Å². The van der Waals surface area contributed by atoms with E-state index in [1.807, 2.05) is 40.9 Å². The molecular weight excluding hydrogens is 198 g/mol. The maximum absolute atomic E-state index is 8.60. The molecule has 1 aromatic rings. The number of nitrogens with one attached hydrogen (secondary N) is 1. The van der Waals surface area contributed by atoms with Gasteiger partial charge in [-0.05, 0) is 31.8 Å². The van der Waals surface area contributed by atoms with Gasteiger partial charge in [-0.25, -0.2) is 0 Å². The Balaban J connectivity index is 0. The second kappa shape index (κ2) is 9.88. The Morgan fingerprint density at radius 1 is 1.31 bits per heavy atom. The van der Waals surface area contributed by atoms with Crippen molar-refractivity contribution in [3.05, 3.63) is 27.9 Å². The second-order valence-electron chi connectivity index (χ2n) is 2.83. The van der Waals surface area contributed by atoms with Gasteiger partial charge in [-0.2, -0.15) is 5.26 Å². The molecule has 1 aromatic heterocycles. The summed E-state index contributed by atoms with van der Waals surface area (Å²) in [6, 6.07) is 2.03. The van der Waals surface area contributed by atoms with Gasteiger partial charge in [0, 0.05) is 6.20 Å². The Labute approximate surface area is 98.1 Å². The van der Waals surface area contributed by atoms with Gasteiger partial charge < -0.3 is 5.32 Å². The molecule has 0 aliphatic carbocycles. The maximum atomic E-state index is 8.60. The molecule has 0 aromatic carbocycles. The topological polar surface area (TPSA) is 48.7 Å². The first-order valence-corrected chi connectivity index (χ1v) is 5.20. The van der Waals surface area contributed by atoms with E-state index in [9.17, 15) is 0 Å². The van der Waals surface area contributed by atoms with Gasteiger partial charge >= 0.3 is 0 Å². The molecule has 1 heterocycles. The van der Waals surface area contributed by atoms with Crippen LogP contribution in [0.1, 0.15) is 25.0 Å². The lowest BCUT2D eigenvalue weighted by atomic mass is 10.1. The lowest BCUT2D eigenvalue weighted by Crippen LogP contribution is -2.28. The fourth-order valence-electron chi connectivity index (χ4n) is 0.809. The van der Waals surface area contributed by atoms with Crippen LogP contribution in [-0.4, -0.2) is 19.1 Å². The van der Waals surface area contributed by atoms with Crippen LogP contribution >= 0.6 is 0 Å². The molecular formula is C13H21N3. The van der Waals surface area contributed by atoms with Gasteiger partial charge in [-0.1, -0.05) is 27.0 Å². The minimum Gasteiger partial charge on any atom is -0.323 e. The van der Waals surface area contributed by atoms with Crippen LogP contribution in [0.4, 0.5) is 0 Å². The predicted octanol–water partition coefficient (Wildman–Crippen LogP) is 0.944. The highest BCUT2D eigenvalue weighted by molar-refractivity contribution is 5.36. The van der Waals surface area contributed by atoms with Crippen molar-refractivity contribution in [1.29, 1.82) is 5.26 Å². The van der Waals surface area contributed by atoms with E-state index in [1.165, 1.54) is 6.20 Å². The van der Waals surface area contributed by atoms with Crippen molar-refractivity contribution in [2.45, 2.75) is 20.8 Å². The second-order valence-corrected chi connectivity index (χ2v) is 2.83. The molecule has 0 aliphatic rings. The zero-order valence-electron chi connectivity index (χ0n) is 10.9. The third-order valence-corrected chi connectivity index (χ3v) is 1.67. The molecule has 1 N–H and O–H groups in total. The number of aromatic nitrogens is 1. The summed E-state index contributed by atoms with van der Waals surface area (Å²) in [5.41, 5.74) is 1.44. The fourth-order valence-corrected chi connectivity index (χ4v) is 0.809. The highest BCUT2D eigenvalue weighted by Gasteiger charge is 1.96. The number of pyridine rings is 1. The Kier molecular flexibility index (Phi) is 10.3. The number of hydrogen-bond acceptors (Lipinski definition) is 3. The summed E-state index contributed by atoms with van der Waals surface area (Å²) in [7, 11) is 3.75. The minimum absolute atomic E-state index is 0.572. The molecule has 0 unspecified atom stereocenters. The molecule has 88 valence electrons. The molecule has 0 fully saturated rings. The van der Waals surface area contributed by atoms with Crippen LogP contribution in [-0.2, 0) is 0 Å². The van der Waals surface area contributed by atoms with Gasteiger partial charge in [0.1, 0.15) is 6.07 Å². The lowest BCUT2D eigenvalue weighted by Gasteiger charge is -1.95. The molecule has 0 spiro atoms. The number of rotatable bonds is 0. The summed E-state index contributed by atoms with van der Waals surface area (Å²) >= 11 is 0. The van der Waals surface area contributed by atoms with E-state index in [0.717, 1.165) is 10.8 Å². The van der Waals surface area contributed by atoms with Crippen LogP contribution in [0.5, 0.6) is 0 Å². The normalized spacial score (nSPS) is 7.75. The fraction of sp³-hybridized carbons (Fsp3) is 0.385. The van der Waals surface area contributed by atoms with E-state index in [-0.39, 0.29) is 0 Å². The highest BCUT2D eigenvalue weighted by Crippen LogP contribution is 1.93. The summed E-state index contributed by atoms with van der Waals surface area (Å²) in [6.45, 7) is 13.3. The van der Waals surface area contributed by atoms with Gasteiger partial charge in [0.2, 0.25) is 0 Å². The summed E-state index contributed by atoms with van der Waals surface area (Å²) < 4.78 is 0. The van der Waals surface area contributed by atoms with Crippen molar-refractivity contribution in [3.63, 3.8) is 0 Å². The zero-order valence-corrected chi connectivity index (χ0v) is 10.9. The minimum atomic E-state index is 0.572. The summed E-state index contributed by atoms with van der Waals surface area (Å²) in [5, 5.41) is 12.7. The first-order valence-electron chi connectivity index (χ1n) is 5.20. The van der Waals surface area contributed by atoms with Crippen molar-refractivity contribution in [3.8, 4) is 6.07 Å². The smallest absolute Gasteiger partial charge is 0.101 e.